The highest BCUT2D eigenvalue weighted by atomic mass is 16.3. The van der Waals surface area contributed by atoms with Gasteiger partial charge in [-0.25, -0.2) is 0 Å². The highest BCUT2D eigenvalue weighted by Crippen LogP contribution is 2.34. The SMILES string of the molecule is CNCc1cnccc1N(Cc1ccco1)C1CC1. The Bertz CT molecular complexity index is 520. The quantitative estimate of drug-likeness (QED) is 0.863. The van der Waals surface area contributed by atoms with Crippen molar-refractivity contribution < 1.29 is 4.42 Å². The van der Waals surface area contributed by atoms with Gasteiger partial charge in [0.25, 0.3) is 0 Å². The van der Waals surface area contributed by atoms with E-state index in [0.717, 1.165) is 18.8 Å². The van der Waals surface area contributed by atoms with Gasteiger partial charge < -0.3 is 14.6 Å². The maximum Gasteiger partial charge on any atom is 0.123 e. The average Bonchev–Trinajstić information content (AvgIpc) is 3.15. The lowest BCUT2D eigenvalue weighted by Crippen LogP contribution is -2.26. The summed E-state index contributed by atoms with van der Waals surface area (Å²) in [7, 11) is 1.96. The lowest BCUT2D eigenvalue weighted by atomic mass is 10.2. The Morgan fingerprint density at radius 1 is 1.42 bits per heavy atom. The number of aromatic nitrogens is 1. The molecular weight excluding hydrogens is 238 g/mol. The largest absolute Gasteiger partial charge is 0.467 e. The third-order valence-corrected chi connectivity index (χ3v) is 3.45. The van der Waals surface area contributed by atoms with Gasteiger partial charge in [-0.1, -0.05) is 0 Å². The fraction of sp³-hybridized carbons (Fsp3) is 0.400. The minimum atomic E-state index is 0.642. The predicted molar refractivity (Wildman–Crippen MR) is 74.9 cm³/mol. The molecule has 0 atom stereocenters. The smallest absolute Gasteiger partial charge is 0.123 e. The normalized spacial score (nSPS) is 14.6. The Morgan fingerprint density at radius 3 is 3.00 bits per heavy atom. The number of nitrogens with zero attached hydrogens (tertiary/aromatic N) is 2. The fourth-order valence-electron chi connectivity index (χ4n) is 2.39. The monoisotopic (exact) mass is 257 g/mol. The standard InChI is InChI=1S/C15H19N3O/c1-16-9-12-10-17-7-6-15(12)18(13-4-5-13)11-14-3-2-8-19-14/h2-3,6-8,10,13,16H,4-5,9,11H2,1H3. The van der Waals surface area contributed by atoms with E-state index in [-0.39, 0.29) is 0 Å². The summed E-state index contributed by atoms with van der Waals surface area (Å²) in [5, 5.41) is 3.21. The Labute approximate surface area is 113 Å². The Hall–Kier alpha value is -1.81. The molecule has 0 saturated heterocycles. The van der Waals surface area contributed by atoms with E-state index in [4.69, 9.17) is 4.42 Å². The van der Waals surface area contributed by atoms with Crippen molar-refractivity contribution >= 4 is 5.69 Å². The van der Waals surface area contributed by atoms with E-state index in [1.54, 1.807) is 6.26 Å². The molecule has 3 rings (SSSR count). The van der Waals surface area contributed by atoms with Gasteiger partial charge in [-0.3, -0.25) is 4.98 Å². The zero-order valence-electron chi connectivity index (χ0n) is 11.2. The van der Waals surface area contributed by atoms with Gasteiger partial charge in [0.05, 0.1) is 12.8 Å². The van der Waals surface area contributed by atoms with E-state index in [1.807, 2.05) is 31.6 Å². The minimum absolute atomic E-state index is 0.642. The number of hydrogen-bond acceptors (Lipinski definition) is 4. The second kappa shape index (κ2) is 5.45. The molecule has 0 radical (unpaired) electrons. The van der Waals surface area contributed by atoms with Crippen LogP contribution in [0.1, 0.15) is 24.2 Å². The zero-order chi connectivity index (χ0) is 13.1. The summed E-state index contributed by atoms with van der Waals surface area (Å²) in [6, 6.07) is 6.73. The molecule has 0 amide bonds. The van der Waals surface area contributed by atoms with E-state index < -0.39 is 0 Å². The molecule has 100 valence electrons. The Morgan fingerprint density at radius 2 is 2.32 bits per heavy atom. The number of rotatable bonds is 6. The van der Waals surface area contributed by atoms with Crippen LogP contribution in [0.15, 0.2) is 41.3 Å². The first-order chi connectivity index (χ1) is 9.38. The van der Waals surface area contributed by atoms with E-state index in [2.05, 4.69) is 21.3 Å². The lowest BCUT2D eigenvalue weighted by Gasteiger charge is -2.26. The van der Waals surface area contributed by atoms with Crippen LogP contribution in [0.5, 0.6) is 0 Å². The third-order valence-electron chi connectivity index (χ3n) is 3.45. The van der Waals surface area contributed by atoms with Crippen molar-refractivity contribution in [1.82, 2.24) is 10.3 Å². The molecule has 4 heteroatoms. The lowest BCUT2D eigenvalue weighted by molar-refractivity contribution is 0.500. The second-order valence-electron chi connectivity index (χ2n) is 4.97. The van der Waals surface area contributed by atoms with Gasteiger partial charge in [-0.15, -0.1) is 0 Å². The van der Waals surface area contributed by atoms with Gasteiger partial charge in [0.15, 0.2) is 0 Å². The summed E-state index contributed by atoms with van der Waals surface area (Å²) in [5.41, 5.74) is 2.51. The van der Waals surface area contributed by atoms with E-state index in [9.17, 15) is 0 Å². The Balaban J connectivity index is 1.87. The zero-order valence-corrected chi connectivity index (χ0v) is 11.2. The Kier molecular flexibility index (Phi) is 3.51. The van der Waals surface area contributed by atoms with Gasteiger partial charge in [-0.05, 0) is 38.1 Å². The van der Waals surface area contributed by atoms with E-state index >= 15 is 0 Å². The topological polar surface area (TPSA) is 41.3 Å². The number of nitrogens with one attached hydrogen (secondary N) is 1. The first kappa shape index (κ1) is 12.2. The molecule has 0 aliphatic heterocycles. The highest BCUT2D eigenvalue weighted by Gasteiger charge is 2.30. The molecule has 2 aromatic heterocycles. The van der Waals surface area contributed by atoms with Crippen LogP contribution < -0.4 is 10.2 Å². The van der Waals surface area contributed by atoms with Crippen LogP contribution in [-0.4, -0.2) is 18.1 Å². The molecule has 1 aliphatic rings. The van der Waals surface area contributed by atoms with Crippen molar-refractivity contribution in [1.29, 1.82) is 0 Å². The van der Waals surface area contributed by atoms with Crippen LogP contribution in [0.4, 0.5) is 5.69 Å². The molecule has 1 saturated carbocycles. The molecular formula is C15H19N3O. The van der Waals surface area contributed by atoms with Crippen molar-refractivity contribution in [3.05, 3.63) is 48.2 Å². The maximum atomic E-state index is 5.49. The molecule has 0 unspecified atom stereocenters. The summed E-state index contributed by atoms with van der Waals surface area (Å²) in [6.45, 7) is 1.67. The minimum Gasteiger partial charge on any atom is -0.467 e. The first-order valence-corrected chi connectivity index (χ1v) is 6.75. The van der Waals surface area contributed by atoms with Crippen LogP contribution in [-0.2, 0) is 13.1 Å². The van der Waals surface area contributed by atoms with E-state index in [0.29, 0.717) is 6.04 Å². The van der Waals surface area contributed by atoms with Crippen molar-refractivity contribution in [2.24, 2.45) is 0 Å². The summed E-state index contributed by atoms with van der Waals surface area (Å²) in [5.74, 6) is 1.01. The second-order valence-corrected chi connectivity index (χ2v) is 4.97. The van der Waals surface area contributed by atoms with Gasteiger partial charge >= 0.3 is 0 Å². The molecule has 19 heavy (non-hydrogen) atoms. The van der Waals surface area contributed by atoms with Crippen LogP contribution in [0.25, 0.3) is 0 Å². The molecule has 0 spiro atoms. The first-order valence-electron chi connectivity index (χ1n) is 6.75. The van der Waals surface area contributed by atoms with Crippen molar-refractivity contribution in [3.63, 3.8) is 0 Å². The molecule has 0 aromatic carbocycles. The van der Waals surface area contributed by atoms with Crippen LogP contribution in [0, 0.1) is 0 Å². The summed E-state index contributed by atoms with van der Waals surface area (Å²) < 4.78 is 5.49. The molecule has 1 fully saturated rings. The van der Waals surface area contributed by atoms with Crippen molar-refractivity contribution in [3.8, 4) is 0 Å². The van der Waals surface area contributed by atoms with Gasteiger partial charge in [0.2, 0.25) is 0 Å². The fourth-order valence-corrected chi connectivity index (χ4v) is 2.39. The van der Waals surface area contributed by atoms with Crippen LogP contribution in [0.2, 0.25) is 0 Å². The predicted octanol–water partition coefficient (Wildman–Crippen LogP) is 2.56. The summed E-state index contributed by atoms with van der Waals surface area (Å²) in [6.07, 6.45) is 8.08. The molecule has 2 heterocycles. The molecule has 0 bridgehead atoms. The molecule has 1 aliphatic carbocycles. The maximum absolute atomic E-state index is 5.49. The third kappa shape index (κ3) is 2.79. The van der Waals surface area contributed by atoms with Gasteiger partial charge in [0, 0.05) is 36.2 Å². The van der Waals surface area contributed by atoms with Crippen LogP contribution in [0.3, 0.4) is 0 Å². The molecule has 4 nitrogen and oxygen atoms in total. The number of hydrogen-bond donors (Lipinski definition) is 1. The average molecular weight is 257 g/mol. The number of anilines is 1. The van der Waals surface area contributed by atoms with Gasteiger partial charge in [-0.2, -0.15) is 0 Å². The van der Waals surface area contributed by atoms with Crippen molar-refractivity contribution in [2.45, 2.75) is 32.0 Å². The molecule has 2 aromatic rings. The summed E-state index contributed by atoms with van der Waals surface area (Å²) >= 11 is 0. The van der Waals surface area contributed by atoms with Gasteiger partial charge in [0.1, 0.15) is 5.76 Å². The molecule has 1 N–H and O–H groups in total. The van der Waals surface area contributed by atoms with Crippen molar-refractivity contribution in [2.75, 3.05) is 11.9 Å². The number of furan rings is 1. The highest BCUT2D eigenvalue weighted by molar-refractivity contribution is 5.54. The summed E-state index contributed by atoms with van der Waals surface area (Å²) in [4.78, 5) is 6.67. The van der Waals surface area contributed by atoms with Crippen LogP contribution >= 0.6 is 0 Å². The number of pyridine rings is 1. The van der Waals surface area contributed by atoms with E-state index in [1.165, 1.54) is 24.1 Å².